The minimum absolute atomic E-state index is 0.291. The number of aromatic nitrogens is 2. The van der Waals surface area contributed by atoms with Crippen LogP contribution >= 0.6 is 12.2 Å². The van der Waals surface area contributed by atoms with Gasteiger partial charge in [0.2, 0.25) is 0 Å². The maximum atomic E-state index is 5.61. The molecule has 0 atom stereocenters. The lowest BCUT2D eigenvalue weighted by molar-refractivity contribution is 0.583. The quantitative estimate of drug-likeness (QED) is 0.790. The first-order valence-corrected chi connectivity index (χ1v) is 5.75. The fraction of sp³-hybridized carbons (Fsp3) is 0.545. The zero-order valence-corrected chi connectivity index (χ0v) is 10.8. The molecule has 0 saturated carbocycles. The third-order valence-electron chi connectivity index (χ3n) is 2.32. The summed E-state index contributed by atoms with van der Waals surface area (Å²) in [5.74, 6) is 1.42. The smallest absolute Gasteiger partial charge is 0.157 e. The van der Waals surface area contributed by atoms with Gasteiger partial charge in [-0.3, -0.25) is 0 Å². The highest BCUT2D eigenvalue weighted by Gasteiger charge is 2.12. The molecule has 0 aliphatic rings. The number of hydrogen-bond acceptors (Lipinski definition) is 4. The SMILES string of the molecule is CC(C)CCN(C)c1nccnc1C(N)=S. The molecule has 0 saturated heterocycles. The van der Waals surface area contributed by atoms with Crippen LogP contribution < -0.4 is 10.6 Å². The van der Waals surface area contributed by atoms with E-state index in [1.807, 2.05) is 11.9 Å². The Kier molecular flexibility index (Phi) is 4.61. The largest absolute Gasteiger partial charge is 0.388 e. The van der Waals surface area contributed by atoms with Crippen LogP contribution in [0.4, 0.5) is 5.82 Å². The van der Waals surface area contributed by atoms with Gasteiger partial charge in [0.25, 0.3) is 0 Å². The maximum absolute atomic E-state index is 5.61. The first kappa shape index (κ1) is 12.8. The van der Waals surface area contributed by atoms with Crippen LogP contribution in [0.15, 0.2) is 12.4 Å². The molecule has 16 heavy (non-hydrogen) atoms. The van der Waals surface area contributed by atoms with E-state index in [9.17, 15) is 0 Å². The lowest BCUT2D eigenvalue weighted by Gasteiger charge is -2.20. The van der Waals surface area contributed by atoms with Crippen LogP contribution in [-0.4, -0.2) is 28.5 Å². The van der Waals surface area contributed by atoms with E-state index in [1.54, 1.807) is 12.4 Å². The molecular formula is C11H18N4S. The standard InChI is InChI=1S/C11H18N4S/c1-8(2)4-7-15(3)11-9(10(12)16)13-5-6-14-11/h5-6,8H,4,7H2,1-3H3,(H2,12,16). The highest BCUT2D eigenvalue weighted by Crippen LogP contribution is 2.14. The summed E-state index contributed by atoms with van der Waals surface area (Å²) in [6.07, 6.45) is 4.36. The average molecular weight is 238 g/mol. The Morgan fingerprint density at radius 2 is 2.06 bits per heavy atom. The van der Waals surface area contributed by atoms with Gasteiger partial charge in [0.15, 0.2) is 5.82 Å². The molecule has 0 spiro atoms. The van der Waals surface area contributed by atoms with Gasteiger partial charge in [-0.05, 0) is 12.3 Å². The first-order chi connectivity index (χ1) is 7.52. The number of nitrogens with two attached hydrogens (primary N) is 1. The number of hydrogen-bond donors (Lipinski definition) is 1. The molecule has 4 nitrogen and oxygen atoms in total. The van der Waals surface area contributed by atoms with Gasteiger partial charge in [-0.1, -0.05) is 26.1 Å². The fourth-order valence-corrected chi connectivity index (χ4v) is 1.49. The Morgan fingerprint density at radius 1 is 1.44 bits per heavy atom. The van der Waals surface area contributed by atoms with Crippen molar-refractivity contribution < 1.29 is 0 Å². The molecule has 2 N–H and O–H groups in total. The van der Waals surface area contributed by atoms with E-state index in [-0.39, 0.29) is 0 Å². The molecule has 0 aliphatic heterocycles. The number of thiocarbonyl (C=S) groups is 1. The average Bonchev–Trinajstić information content (AvgIpc) is 2.25. The Hall–Kier alpha value is -1.23. The van der Waals surface area contributed by atoms with Gasteiger partial charge in [-0.25, -0.2) is 9.97 Å². The molecule has 1 heterocycles. The van der Waals surface area contributed by atoms with Crippen molar-refractivity contribution in [1.29, 1.82) is 0 Å². The summed E-state index contributed by atoms with van der Waals surface area (Å²) >= 11 is 4.95. The zero-order chi connectivity index (χ0) is 12.1. The van der Waals surface area contributed by atoms with Gasteiger partial charge in [0.05, 0.1) is 0 Å². The van der Waals surface area contributed by atoms with Crippen LogP contribution in [0.5, 0.6) is 0 Å². The second-order valence-electron chi connectivity index (χ2n) is 4.20. The number of anilines is 1. The highest BCUT2D eigenvalue weighted by atomic mass is 32.1. The Morgan fingerprint density at radius 3 is 2.62 bits per heavy atom. The molecule has 0 aromatic carbocycles. The van der Waals surface area contributed by atoms with E-state index < -0.39 is 0 Å². The predicted molar refractivity (Wildman–Crippen MR) is 70.6 cm³/mol. The molecule has 88 valence electrons. The highest BCUT2D eigenvalue weighted by molar-refractivity contribution is 7.80. The van der Waals surface area contributed by atoms with E-state index in [4.69, 9.17) is 18.0 Å². The third-order valence-corrected chi connectivity index (χ3v) is 2.51. The van der Waals surface area contributed by atoms with Gasteiger partial charge in [0, 0.05) is 26.0 Å². The minimum atomic E-state index is 0.291. The first-order valence-electron chi connectivity index (χ1n) is 5.34. The normalized spacial score (nSPS) is 10.5. The monoisotopic (exact) mass is 238 g/mol. The summed E-state index contributed by atoms with van der Waals surface area (Å²) in [5.41, 5.74) is 6.21. The molecule has 0 aliphatic carbocycles. The Bertz CT molecular complexity index is 365. The van der Waals surface area contributed by atoms with Gasteiger partial charge in [-0.2, -0.15) is 0 Å². The van der Waals surface area contributed by atoms with E-state index in [2.05, 4.69) is 23.8 Å². The number of nitrogens with zero attached hydrogens (tertiary/aromatic N) is 3. The molecule has 0 fully saturated rings. The van der Waals surface area contributed by atoms with Crippen LogP contribution in [-0.2, 0) is 0 Å². The van der Waals surface area contributed by atoms with E-state index >= 15 is 0 Å². The van der Waals surface area contributed by atoms with E-state index in [0.717, 1.165) is 18.8 Å². The fourth-order valence-electron chi connectivity index (χ4n) is 1.34. The molecule has 1 rings (SSSR count). The van der Waals surface area contributed by atoms with Crippen molar-refractivity contribution in [2.45, 2.75) is 20.3 Å². The second kappa shape index (κ2) is 5.75. The molecule has 1 aromatic rings. The summed E-state index contributed by atoms with van der Waals surface area (Å²) in [7, 11) is 1.98. The van der Waals surface area contributed by atoms with Crippen molar-refractivity contribution in [3.8, 4) is 0 Å². The van der Waals surface area contributed by atoms with Gasteiger partial charge >= 0.3 is 0 Å². The van der Waals surface area contributed by atoms with Crippen molar-refractivity contribution in [2.75, 3.05) is 18.5 Å². The lowest BCUT2D eigenvalue weighted by Crippen LogP contribution is -2.25. The summed E-state index contributed by atoms with van der Waals surface area (Å²) in [6.45, 7) is 5.31. The Balaban J connectivity index is 2.82. The number of rotatable bonds is 5. The molecule has 1 aromatic heterocycles. The summed E-state index contributed by atoms with van der Waals surface area (Å²) in [6, 6.07) is 0. The van der Waals surface area contributed by atoms with Crippen molar-refractivity contribution in [1.82, 2.24) is 9.97 Å². The van der Waals surface area contributed by atoms with Crippen molar-refractivity contribution in [2.24, 2.45) is 11.7 Å². The van der Waals surface area contributed by atoms with Crippen LogP contribution in [0.3, 0.4) is 0 Å². The van der Waals surface area contributed by atoms with Crippen LogP contribution in [0, 0.1) is 5.92 Å². The van der Waals surface area contributed by atoms with E-state index in [0.29, 0.717) is 16.6 Å². The molecule has 5 heteroatoms. The van der Waals surface area contributed by atoms with Crippen LogP contribution in [0.25, 0.3) is 0 Å². The Labute approximate surface area is 102 Å². The zero-order valence-electron chi connectivity index (χ0n) is 9.97. The predicted octanol–water partition coefficient (Wildman–Crippen LogP) is 1.59. The summed E-state index contributed by atoms with van der Waals surface area (Å²) in [4.78, 5) is 10.8. The minimum Gasteiger partial charge on any atom is -0.388 e. The van der Waals surface area contributed by atoms with Crippen LogP contribution in [0.1, 0.15) is 26.0 Å². The lowest BCUT2D eigenvalue weighted by atomic mass is 10.1. The molecule has 0 bridgehead atoms. The second-order valence-corrected chi connectivity index (χ2v) is 4.64. The topological polar surface area (TPSA) is 55.0 Å². The van der Waals surface area contributed by atoms with Gasteiger partial charge in [0.1, 0.15) is 10.7 Å². The van der Waals surface area contributed by atoms with Crippen molar-refractivity contribution in [3.63, 3.8) is 0 Å². The molecular weight excluding hydrogens is 220 g/mol. The molecule has 0 unspecified atom stereocenters. The van der Waals surface area contributed by atoms with E-state index in [1.165, 1.54) is 0 Å². The maximum Gasteiger partial charge on any atom is 0.157 e. The summed E-state index contributed by atoms with van der Waals surface area (Å²) < 4.78 is 0. The van der Waals surface area contributed by atoms with Crippen molar-refractivity contribution >= 4 is 23.0 Å². The third kappa shape index (κ3) is 3.41. The van der Waals surface area contributed by atoms with Gasteiger partial charge < -0.3 is 10.6 Å². The van der Waals surface area contributed by atoms with Crippen LogP contribution in [0.2, 0.25) is 0 Å². The van der Waals surface area contributed by atoms with Gasteiger partial charge in [-0.15, -0.1) is 0 Å². The molecule has 0 amide bonds. The summed E-state index contributed by atoms with van der Waals surface area (Å²) in [5, 5.41) is 0. The van der Waals surface area contributed by atoms with Crippen molar-refractivity contribution in [3.05, 3.63) is 18.1 Å². The molecule has 0 radical (unpaired) electrons.